The van der Waals surface area contributed by atoms with E-state index < -0.39 is 0 Å². The summed E-state index contributed by atoms with van der Waals surface area (Å²) in [6.45, 7) is 0. The maximum absolute atomic E-state index is 2.43. The van der Waals surface area contributed by atoms with Crippen LogP contribution in [0, 0.1) is 0 Å². The van der Waals surface area contributed by atoms with Crippen molar-refractivity contribution in [3.05, 3.63) is 249 Å². The van der Waals surface area contributed by atoms with Crippen LogP contribution >= 0.6 is 0 Å². The van der Waals surface area contributed by atoms with Crippen LogP contribution in [0.4, 0.5) is 17.1 Å². The zero-order valence-electron chi connectivity index (χ0n) is 35.5. The van der Waals surface area contributed by atoms with Crippen molar-refractivity contribution in [1.82, 2.24) is 9.13 Å². The van der Waals surface area contributed by atoms with Gasteiger partial charge in [-0.15, -0.1) is 0 Å². The monoisotopic (exact) mass is 827 g/mol. The van der Waals surface area contributed by atoms with Crippen molar-refractivity contribution in [2.75, 3.05) is 4.90 Å². The molecule has 304 valence electrons. The number of nitrogens with zero attached hydrogens (tertiary/aromatic N) is 3. The zero-order valence-corrected chi connectivity index (χ0v) is 35.5. The fourth-order valence-corrected chi connectivity index (χ4v) is 10.4. The first-order valence-electron chi connectivity index (χ1n) is 22.4. The van der Waals surface area contributed by atoms with Crippen LogP contribution in [-0.4, -0.2) is 9.13 Å². The second-order valence-corrected chi connectivity index (χ2v) is 16.9. The molecule has 0 radical (unpaired) electrons. The number of hydrogen-bond donors (Lipinski definition) is 0. The van der Waals surface area contributed by atoms with Crippen molar-refractivity contribution in [2.45, 2.75) is 0 Å². The van der Waals surface area contributed by atoms with Crippen molar-refractivity contribution in [2.24, 2.45) is 0 Å². The first-order chi connectivity index (χ1) is 32.3. The third-order valence-electron chi connectivity index (χ3n) is 13.3. The van der Waals surface area contributed by atoms with Crippen LogP contribution in [0.5, 0.6) is 0 Å². The molecule has 13 rings (SSSR count). The summed E-state index contributed by atoms with van der Waals surface area (Å²) in [6, 6.07) is 90.7. The Morgan fingerprint density at radius 2 is 0.600 bits per heavy atom. The SMILES string of the molecule is c1ccc(-n2c3ccccc3c3ccccc32)c(-c2ccc(N(c3ccc(-c4ccccc4-n4c5ccccc5c5ccccc54)cc3)c3cc4ccccc4c4ccccc34)cc2)c1. The standard InChI is InChI=1S/C62H41N3/c1-2-18-47-44(17-1)41-62(51-22-4-3-21-50(47)51)63(45-37-33-42(34-38-45)48-19-5-11-27-56(48)64-58-29-13-7-23-52(58)53-24-8-14-30-59(53)64)46-39-35-43(36-40-46)49-20-6-12-28-57(49)65-60-31-15-9-25-54(60)55-26-10-16-32-61(55)65/h1-41H. The third-order valence-corrected chi connectivity index (χ3v) is 13.3. The molecule has 0 fully saturated rings. The number of benzene rings is 11. The van der Waals surface area contributed by atoms with E-state index in [-0.39, 0.29) is 0 Å². The molecular weight excluding hydrogens is 787 g/mol. The summed E-state index contributed by atoms with van der Waals surface area (Å²) in [5.74, 6) is 0. The minimum Gasteiger partial charge on any atom is -0.310 e. The highest BCUT2D eigenvalue weighted by Gasteiger charge is 2.21. The molecule has 3 nitrogen and oxygen atoms in total. The number of fused-ring (bicyclic) bond motifs is 9. The Bertz CT molecular complexity index is 3640. The zero-order chi connectivity index (χ0) is 42.8. The van der Waals surface area contributed by atoms with Gasteiger partial charge in [-0.2, -0.15) is 0 Å². The van der Waals surface area contributed by atoms with E-state index in [0.717, 1.165) is 39.6 Å². The topological polar surface area (TPSA) is 13.1 Å². The van der Waals surface area contributed by atoms with Crippen LogP contribution in [0.2, 0.25) is 0 Å². The van der Waals surface area contributed by atoms with E-state index in [0.29, 0.717) is 0 Å². The summed E-state index contributed by atoms with van der Waals surface area (Å²) in [5, 5.41) is 9.92. The second-order valence-electron chi connectivity index (χ2n) is 16.9. The Balaban J connectivity index is 0.962. The second kappa shape index (κ2) is 15.0. The molecule has 2 aromatic heterocycles. The van der Waals surface area contributed by atoms with E-state index in [9.17, 15) is 0 Å². The van der Waals surface area contributed by atoms with Crippen molar-refractivity contribution in [3.8, 4) is 33.6 Å². The summed E-state index contributed by atoms with van der Waals surface area (Å²) in [5.41, 5.74) is 15.1. The molecule has 65 heavy (non-hydrogen) atoms. The first-order valence-corrected chi connectivity index (χ1v) is 22.4. The molecule has 0 saturated carbocycles. The smallest absolute Gasteiger partial charge is 0.0546 e. The number of rotatable bonds is 7. The van der Waals surface area contributed by atoms with Crippen LogP contribution < -0.4 is 4.90 Å². The number of para-hydroxylation sites is 6. The lowest BCUT2D eigenvalue weighted by Gasteiger charge is -2.28. The van der Waals surface area contributed by atoms with Crippen molar-refractivity contribution >= 4 is 82.2 Å². The van der Waals surface area contributed by atoms with Crippen molar-refractivity contribution in [3.63, 3.8) is 0 Å². The maximum Gasteiger partial charge on any atom is 0.0546 e. The van der Waals surface area contributed by atoms with Gasteiger partial charge in [0.15, 0.2) is 0 Å². The summed E-state index contributed by atoms with van der Waals surface area (Å²) in [7, 11) is 0. The van der Waals surface area contributed by atoms with E-state index in [1.54, 1.807) is 0 Å². The molecule has 0 N–H and O–H groups in total. The number of hydrogen-bond acceptors (Lipinski definition) is 1. The molecule has 13 aromatic rings. The van der Waals surface area contributed by atoms with Crippen LogP contribution in [0.25, 0.3) is 98.8 Å². The Morgan fingerprint density at radius 1 is 0.262 bits per heavy atom. The van der Waals surface area contributed by atoms with Gasteiger partial charge in [-0.3, -0.25) is 0 Å². The fourth-order valence-electron chi connectivity index (χ4n) is 10.4. The minimum atomic E-state index is 1.09. The number of anilines is 3. The minimum absolute atomic E-state index is 1.09. The molecule has 0 aliphatic heterocycles. The van der Waals surface area contributed by atoms with Crippen molar-refractivity contribution < 1.29 is 0 Å². The van der Waals surface area contributed by atoms with Crippen LogP contribution in [0.3, 0.4) is 0 Å². The van der Waals surface area contributed by atoms with Gasteiger partial charge in [0, 0.05) is 49.4 Å². The van der Waals surface area contributed by atoms with Gasteiger partial charge in [-0.05, 0) is 94.0 Å². The average molecular weight is 828 g/mol. The summed E-state index contributed by atoms with van der Waals surface area (Å²) >= 11 is 0. The molecule has 0 amide bonds. The highest BCUT2D eigenvalue weighted by Crippen LogP contribution is 2.44. The van der Waals surface area contributed by atoms with E-state index in [4.69, 9.17) is 0 Å². The molecule has 2 heterocycles. The predicted octanol–water partition coefficient (Wildman–Crippen LogP) is 17.0. The average Bonchev–Trinajstić information content (AvgIpc) is 3.90. The molecule has 11 aromatic carbocycles. The highest BCUT2D eigenvalue weighted by molar-refractivity contribution is 6.15. The molecule has 0 aliphatic carbocycles. The van der Waals surface area contributed by atoms with Gasteiger partial charge in [0.25, 0.3) is 0 Å². The lowest BCUT2D eigenvalue weighted by Crippen LogP contribution is -2.10. The van der Waals surface area contributed by atoms with Gasteiger partial charge in [0.2, 0.25) is 0 Å². The lowest BCUT2D eigenvalue weighted by atomic mass is 9.98. The van der Waals surface area contributed by atoms with E-state index in [1.807, 2.05) is 0 Å². The summed E-state index contributed by atoms with van der Waals surface area (Å²) in [4.78, 5) is 2.43. The third kappa shape index (κ3) is 5.90. The number of aromatic nitrogens is 2. The Labute approximate surface area is 376 Å². The summed E-state index contributed by atoms with van der Waals surface area (Å²) < 4.78 is 4.84. The molecule has 0 saturated heterocycles. The molecular formula is C62H41N3. The largest absolute Gasteiger partial charge is 0.310 e. The highest BCUT2D eigenvalue weighted by atomic mass is 15.1. The maximum atomic E-state index is 2.43. The van der Waals surface area contributed by atoms with E-state index >= 15 is 0 Å². The molecule has 0 bridgehead atoms. The predicted molar refractivity (Wildman–Crippen MR) is 276 cm³/mol. The summed E-state index contributed by atoms with van der Waals surface area (Å²) in [6.07, 6.45) is 0. The molecule has 0 spiro atoms. The van der Waals surface area contributed by atoms with Gasteiger partial charge in [-0.25, -0.2) is 0 Å². The first kappa shape index (κ1) is 36.9. The van der Waals surface area contributed by atoms with Gasteiger partial charge in [0.05, 0.1) is 39.1 Å². The van der Waals surface area contributed by atoms with E-state index in [2.05, 4.69) is 263 Å². The Morgan fingerprint density at radius 3 is 1.05 bits per heavy atom. The molecule has 0 atom stereocenters. The van der Waals surface area contributed by atoms with Gasteiger partial charge in [-0.1, -0.05) is 182 Å². The normalized spacial score (nSPS) is 11.7. The van der Waals surface area contributed by atoms with Crippen LogP contribution in [0.15, 0.2) is 249 Å². The molecule has 0 unspecified atom stereocenters. The molecule has 0 aliphatic rings. The fraction of sp³-hybridized carbons (Fsp3) is 0. The van der Waals surface area contributed by atoms with Gasteiger partial charge < -0.3 is 14.0 Å². The molecule has 3 heteroatoms. The van der Waals surface area contributed by atoms with Gasteiger partial charge in [0.1, 0.15) is 0 Å². The van der Waals surface area contributed by atoms with Crippen LogP contribution in [-0.2, 0) is 0 Å². The lowest BCUT2D eigenvalue weighted by molar-refractivity contribution is 1.18. The Hall–Kier alpha value is -8.66. The van der Waals surface area contributed by atoms with Crippen LogP contribution in [0.1, 0.15) is 0 Å². The Kier molecular flexibility index (Phi) is 8.53. The van der Waals surface area contributed by atoms with Gasteiger partial charge >= 0.3 is 0 Å². The van der Waals surface area contributed by atoms with Crippen molar-refractivity contribution in [1.29, 1.82) is 0 Å². The quantitative estimate of drug-likeness (QED) is 0.146. The van der Waals surface area contributed by atoms with E-state index in [1.165, 1.54) is 76.3 Å².